The zero-order valence-corrected chi connectivity index (χ0v) is 20.2. The summed E-state index contributed by atoms with van der Waals surface area (Å²) < 4.78 is 13.1. The van der Waals surface area contributed by atoms with E-state index in [1.807, 2.05) is 18.2 Å². The van der Waals surface area contributed by atoms with Gasteiger partial charge in [0, 0.05) is 0 Å². The van der Waals surface area contributed by atoms with Gasteiger partial charge < -0.3 is 8.85 Å². The molecular weight excluding hydrogens is 356 g/mol. The summed E-state index contributed by atoms with van der Waals surface area (Å²) in [6, 6.07) is 5.94. The second-order valence-electron chi connectivity index (χ2n) is 9.93. The molecule has 0 amide bonds. The van der Waals surface area contributed by atoms with Crippen molar-refractivity contribution in [3.63, 3.8) is 0 Å². The van der Waals surface area contributed by atoms with E-state index in [2.05, 4.69) is 67.7 Å². The maximum absolute atomic E-state index is 10.7. The number of carbonyl (C=O) groups excluding carboxylic acids is 1. The highest BCUT2D eigenvalue weighted by Crippen LogP contribution is 2.43. The van der Waals surface area contributed by atoms with Gasteiger partial charge in [-0.3, -0.25) is 4.79 Å². The zero-order chi connectivity index (χ0) is 20.4. The molecule has 26 heavy (non-hydrogen) atoms. The van der Waals surface area contributed by atoms with Crippen molar-refractivity contribution < 1.29 is 13.6 Å². The van der Waals surface area contributed by atoms with E-state index in [-0.39, 0.29) is 10.1 Å². The number of hydrogen-bond acceptors (Lipinski definition) is 3. The van der Waals surface area contributed by atoms with Crippen LogP contribution in [0.1, 0.15) is 47.1 Å². The van der Waals surface area contributed by atoms with Crippen LogP contribution in [-0.4, -0.2) is 22.9 Å². The van der Waals surface area contributed by atoms with E-state index in [0.29, 0.717) is 0 Å². The summed E-state index contributed by atoms with van der Waals surface area (Å²) in [4.78, 5) is 10.7. The van der Waals surface area contributed by atoms with E-state index in [0.717, 1.165) is 23.3 Å². The van der Waals surface area contributed by atoms with Crippen molar-refractivity contribution in [1.29, 1.82) is 0 Å². The summed E-state index contributed by atoms with van der Waals surface area (Å²) in [5.74, 6) is 1.60. The molecule has 3 nitrogen and oxygen atoms in total. The maximum Gasteiger partial charge on any atom is 0.250 e. The highest BCUT2D eigenvalue weighted by Gasteiger charge is 2.42. The third-order valence-electron chi connectivity index (χ3n) is 5.68. The van der Waals surface area contributed by atoms with Gasteiger partial charge in [-0.2, -0.15) is 0 Å². The fourth-order valence-electron chi connectivity index (χ4n) is 1.80. The summed E-state index contributed by atoms with van der Waals surface area (Å²) >= 11 is 0. The van der Waals surface area contributed by atoms with Gasteiger partial charge in [-0.05, 0) is 60.0 Å². The average molecular weight is 393 g/mol. The van der Waals surface area contributed by atoms with Crippen molar-refractivity contribution in [3.8, 4) is 11.5 Å². The highest BCUT2D eigenvalue weighted by atomic mass is 28.4. The number of allylic oxidation sites excluding steroid dienone is 1. The molecule has 0 aromatic heterocycles. The van der Waals surface area contributed by atoms with E-state index >= 15 is 0 Å². The predicted octanol–water partition coefficient (Wildman–Crippen LogP) is 6.67. The van der Waals surface area contributed by atoms with Gasteiger partial charge >= 0.3 is 0 Å². The Hall–Kier alpha value is -1.34. The van der Waals surface area contributed by atoms with Crippen molar-refractivity contribution in [2.24, 2.45) is 0 Å². The Bertz CT molecular complexity index is 663. The van der Waals surface area contributed by atoms with Crippen LogP contribution >= 0.6 is 0 Å². The lowest BCUT2D eigenvalue weighted by atomic mass is 10.2. The standard InChI is InChI=1S/C21H36O3Si2/c1-20(2,3)25(7,8)23-18-14-13-17(12-11-15-22)16-19(18)24-26(9,10)21(4,5)6/h11-16H,1-10H3. The van der Waals surface area contributed by atoms with Crippen LogP contribution in [0.2, 0.25) is 36.3 Å². The topological polar surface area (TPSA) is 35.5 Å². The summed E-state index contributed by atoms with van der Waals surface area (Å²) in [5.41, 5.74) is 0.938. The van der Waals surface area contributed by atoms with Crippen LogP contribution in [-0.2, 0) is 4.79 Å². The van der Waals surface area contributed by atoms with Crippen molar-refractivity contribution in [2.45, 2.75) is 77.8 Å². The molecule has 1 rings (SSSR count). The Labute approximate surface area is 162 Å². The molecule has 0 saturated carbocycles. The first-order valence-corrected chi connectivity index (χ1v) is 15.1. The minimum absolute atomic E-state index is 0.0931. The molecule has 0 aliphatic heterocycles. The Morgan fingerprint density at radius 1 is 0.808 bits per heavy atom. The summed E-state index contributed by atoms with van der Waals surface area (Å²) in [5, 5.41) is 0.202. The van der Waals surface area contributed by atoms with Gasteiger partial charge in [-0.1, -0.05) is 53.7 Å². The van der Waals surface area contributed by atoms with Crippen molar-refractivity contribution in [3.05, 3.63) is 29.8 Å². The SMILES string of the molecule is CC(C)(C)[Si](C)(C)Oc1ccc(C=CC=O)cc1O[Si](C)(C)C(C)(C)C. The summed E-state index contributed by atoms with van der Waals surface area (Å²) in [7, 11) is -3.99. The number of rotatable bonds is 6. The molecule has 0 aliphatic carbocycles. The fraction of sp³-hybridized carbons (Fsp3) is 0.571. The molecule has 146 valence electrons. The van der Waals surface area contributed by atoms with Gasteiger partial charge in [0.15, 0.2) is 0 Å². The lowest BCUT2D eigenvalue weighted by molar-refractivity contribution is -0.104. The lowest BCUT2D eigenvalue weighted by Crippen LogP contribution is -2.45. The van der Waals surface area contributed by atoms with E-state index in [1.165, 1.54) is 6.08 Å². The summed E-state index contributed by atoms with van der Waals surface area (Å²) in [6.45, 7) is 22.3. The first kappa shape index (κ1) is 22.7. The molecule has 5 heteroatoms. The largest absolute Gasteiger partial charge is 0.541 e. The Balaban J connectivity index is 3.37. The molecule has 0 bridgehead atoms. The number of carbonyl (C=O) groups is 1. The number of hydrogen-bond donors (Lipinski definition) is 0. The normalized spacial score (nSPS) is 13.8. The van der Waals surface area contributed by atoms with E-state index < -0.39 is 16.6 Å². The highest BCUT2D eigenvalue weighted by molar-refractivity contribution is 6.75. The molecule has 0 saturated heterocycles. The zero-order valence-electron chi connectivity index (χ0n) is 18.2. The van der Waals surface area contributed by atoms with Crippen molar-refractivity contribution in [1.82, 2.24) is 0 Å². The molecule has 0 fully saturated rings. The van der Waals surface area contributed by atoms with Gasteiger partial charge in [0.25, 0.3) is 16.6 Å². The van der Waals surface area contributed by atoms with Crippen LogP contribution in [0.15, 0.2) is 24.3 Å². The third kappa shape index (κ3) is 5.58. The molecule has 1 aromatic carbocycles. The minimum Gasteiger partial charge on any atom is -0.541 e. The van der Waals surface area contributed by atoms with Gasteiger partial charge in [0.1, 0.15) is 17.8 Å². The monoisotopic (exact) mass is 392 g/mol. The number of aldehydes is 1. The fourth-order valence-corrected chi connectivity index (χ4v) is 3.84. The van der Waals surface area contributed by atoms with Crippen LogP contribution < -0.4 is 8.85 Å². The molecule has 0 aliphatic rings. The molecular formula is C21H36O3Si2. The lowest BCUT2D eigenvalue weighted by Gasteiger charge is -2.39. The molecule has 0 radical (unpaired) electrons. The Morgan fingerprint density at radius 2 is 1.27 bits per heavy atom. The van der Waals surface area contributed by atoms with Gasteiger partial charge in [-0.25, -0.2) is 0 Å². The minimum atomic E-state index is -2.01. The molecule has 1 aromatic rings. The molecule has 0 spiro atoms. The van der Waals surface area contributed by atoms with Crippen LogP contribution in [0.4, 0.5) is 0 Å². The van der Waals surface area contributed by atoms with Crippen LogP contribution in [0.5, 0.6) is 11.5 Å². The van der Waals surface area contributed by atoms with E-state index in [4.69, 9.17) is 8.85 Å². The second-order valence-corrected chi connectivity index (χ2v) is 19.4. The molecule has 0 atom stereocenters. The van der Waals surface area contributed by atoms with Crippen LogP contribution in [0.3, 0.4) is 0 Å². The third-order valence-corrected chi connectivity index (χ3v) is 14.4. The van der Waals surface area contributed by atoms with Gasteiger partial charge in [-0.15, -0.1) is 0 Å². The smallest absolute Gasteiger partial charge is 0.250 e. The van der Waals surface area contributed by atoms with E-state index in [1.54, 1.807) is 6.08 Å². The maximum atomic E-state index is 10.7. The second kappa shape index (κ2) is 7.73. The summed E-state index contributed by atoms with van der Waals surface area (Å²) in [6.07, 6.45) is 4.08. The first-order valence-electron chi connectivity index (χ1n) is 9.25. The molecule has 0 N–H and O–H groups in total. The molecule has 0 heterocycles. The first-order chi connectivity index (χ1) is 11.6. The average Bonchev–Trinajstić information content (AvgIpc) is 2.44. The van der Waals surface area contributed by atoms with Gasteiger partial charge in [0.2, 0.25) is 0 Å². The molecule has 0 unspecified atom stereocenters. The quantitative estimate of drug-likeness (QED) is 0.308. The predicted molar refractivity (Wildman–Crippen MR) is 117 cm³/mol. The Morgan fingerprint density at radius 3 is 1.69 bits per heavy atom. The van der Waals surface area contributed by atoms with Crippen LogP contribution in [0, 0.1) is 0 Å². The van der Waals surface area contributed by atoms with Crippen molar-refractivity contribution in [2.75, 3.05) is 0 Å². The Kier molecular flexibility index (Phi) is 6.75. The van der Waals surface area contributed by atoms with Crippen LogP contribution in [0.25, 0.3) is 6.08 Å². The van der Waals surface area contributed by atoms with E-state index in [9.17, 15) is 4.79 Å². The van der Waals surface area contributed by atoms with Gasteiger partial charge in [0.05, 0.1) is 0 Å². The van der Waals surface area contributed by atoms with Crippen molar-refractivity contribution >= 4 is 29.0 Å². The number of benzene rings is 1.